The summed E-state index contributed by atoms with van der Waals surface area (Å²) in [6.07, 6.45) is 1.20. The Morgan fingerprint density at radius 3 is 2.50 bits per heavy atom. The van der Waals surface area contributed by atoms with Crippen molar-refractivity contribution in [1.82, 2.24) is 9.55 Å². The maximum Gasteiger partial charge on any atom is 0.328 e. The number of H-pyrrole nitrogens is 1. The molecule has 1 fully saturated rings. The van der Waals surface area contributed by atoms with E-state index in [2.05, 4.69) is 0 Å². The lowest BCUT2D eigenvalue weighted by molar-refractivity contribution is -0.131. The molecule has 2 rings (SSSR count). The number of carboxylic acid groups (broad SMARTS) is 1. The van der Waals surface area contributed by atoms with Crippen LogP contribution < -0.4 is 11.2 Å². The summed E-state index contributed by atoms with van der Waals surface area (Å²) in [5.74, 6) is -2.73. The summed E-state index contributed by atoms with van der Waals surface area (Å²) >= 11 is 0. The van der Waals surface area contributed by atoms with Crippen LogP contribution >= 0.6 is 0 Å². The van der Waals surface area contributed by atoms with Gasteiger partial charge in [-0.1, -0.05) is 0 Å². The number of alkyl halides is 1. The normalized spacial score (nSPS) is 27.8. The van der Waals surface area contributed by atoms with E-state index >= 15 is 0 Å². The van der Waals surface area contributed by atoms with E-state index in [-0.39, 0.29) is 5.56 Å². The summed E-state index contributed by atoms with van der Waals surface area (Å²) in [7, 11) is 0. The highest BCUT2D eigenvalue weighted by molar-refractivity contribution is 5.85. The molecule has 0 spiro atoms. The third kappa shape index (κ3) is 2.72. The number of nitrogens with zero attached hydrogens (tertiary/aromatic N) is 1. The average molecular weight is 314 g/mol. The molecule has 0 bridgehead atoms. The van der Waals surface area contributed by atoms with Gasteiger partial charge in [0.1, 0.15) is 6.17 Å². The highest BCUT2D eigenvalue weighted by Crippen LogP contribution is 2.45. The molecule has 0 amide bonds. The minimum Gasteiger partial charge on any atom is -0.478 e. The predicted octanol–water partition coefficient (Wildman–Crippen LogP) is -1.26. The molecule has 1 saturated carbocycles. The number of aromatic amines is 1. The van der Waals surface area contributed by atoms with E-state index in [4.69, 9.17) is 10.2 Å². The monoisotopic (exact) mass is 314 g/mol. The van der Waals surface area contributed by atoms with Gasteiger partial charge in [-0.3, -0.25) is 14.3 Å². The van der Waals surface area contributed by atoms with Crippen molar-refractivity contribution in [3.05, 3.63) is 38.7 Å². The molecule has 1 aromatic rings. The molecule has 0 unspecified atom stereocenters. The van der Waals surface area contributed by atoms with Gasteiger partial charge in [0.05, 0.1) is 11.6 Å². The van der Waals surface area contributed by atoms with Crippen molar-refractivity contribution in [3.63, 3.8) is 0 Å². The molecule has 1 aliphatic carbocycles. The Balaban J connectivity index is 2.43. The molecule has 1 heterocycles. The molecule has 22 heavy (non-hydrogen) atoms. The lowest BCUT2D eigenvalue weighted by Crippen LogP contribution is -2.55. The summed E-state index contributed by atoms with van der Waals surface area (Å²) in [5.41, 5.74) is -1.79. The second kappa shape index (κ2) is 6.24. The minimum absolute atomic E-state index is 0.127. The SMILES string of the molecule is O=C(O)/C=C/c1cn([C@@H]2[C@@H](F)[C@H](CO)[C@H]2CO)c(=O)[nH]c1=O. The van der Waals surface area contributed by atoms with Crippen molar-refractivity contribution >= 4 is 12.0 Å². The number of hydrogen-bond donors (Lipinski definition) is 4. The first-order valence-electron chi connectivity index (χ1n) is 6.53. The first kappa shape index (κ1) is 16.1. The van der Waals surface area contributed by atoms with Crippen LogP contribution in [0.5, 0.6) is 0 Å². The fourth-order valence-corrected chi connectivity index (χ4v) is 2.67. The van der Waals surface area contributed by atoms with Gasteiger partial charge in [-0.25, -0.2) is 14.0 Å². The van der Waals surface area contributed by atoms with Gasteiger partial charge in [0.2, 0.25) is 0 Å². The number of aliphatic hydroxyl groups is 2. The quantitative estimate of drug-likeness (QED) is 0.502. The van der Waals surface area contributed by atoms with Gasteiger partial charge in [-0.15, -0.1) is 0 Å². The largest absolute Gasteiger partial charge is 0.478 e. The van der Waals surface area contributed by atoms with Gasteiger partial charge in [0.15, 0.2) is 0 Å². The molecule has 0 saturated heterocycles. The number of carbonyl (C=O) groups is 1. The molecule has 0 aromatic carbocycles. The van der Waals surface area contributed by atoms with Crippen LogP contribution in [0.3, 0.4) is 0 Å². The van der Waals surface area contributed by atoms with Crippen LogP contribution in [-0.4, -0.2) is 50.2 Å². The highest BCUT2D eigenvalue weighted by atomic mass is 19.1. The number of aromatic nitrogens is 2. The Bertz CT molecular complexity index is 709. The first-order chi connectivity index (χ1) is 10.4. The van der Waals surface area contributed by atoms with Gasteiger partial charge in [-0.05, 0) is 6.08 Å². The van der Waals surface area contributed by atoms with Crippen LogP contribution in [0.2, 0.25) is 0 Å². The van der Waals surface area contributed by atoms with Crippen molar-refractivity contribution in [2.75, 3.05) is 13.2 Å². The maximum atomic E-state index is 14.1. The van der Waals surface area contributed by atoms with Gasteiger partial charge in [0.25, 0.3) is 5.56 Å². The second-order valence-corrected chi connectivity index (χ2v) is 5.05. The lowest BCUT2D eigenvalue weighted by atomic mass is 9.68. The summed E-state index contributed by atoms with van der Waals surface area (Å²) in [6.45, 7) is -0.894. The second-order valence-electron chi connectivity index (χ2n) is 5.05. The van der Waals surface area contributed by atoms with Crippen molar-refractivity contribution in [2.24, 2.45) is 11.8 Å². The standard InChI is InChI=1S/C13H15FN2O6/c14-10-7(4-17)8(5-18)11(10)16-3-6(1-2-9(19)20)12(21)15-13(16)22/h1-3,7-8,10-11,17-18H,4-5H2,(H,19,20)(H,15,21,22)/b2-1+/t7-,8-,10+,11+/m1/s1. The van der Waals surface area contributed by atoms with E-state index in [1.807, 2.05) is 4.98 Å². The summed E-state index contributed by atoms with van der Waals surface area (Å²) in [5, 5.41) is 26.9. The maximum absolute atomic E-state index is 14.1. The first-order valence-corrected chi connectivity index (χ1v) is 6.53. The number of aliphatic carboxylic acids is 1. The van der Waals surface area contributed by atoms with Crippen LogP contribution in [0.4, 0.5) is 4.39 Å². The van der Waals surface area contributed by atoms with Crippen LogP contribution in [0, 0.1) is 11.8 Å². The van der Waals surface area contributed by atoms with Gasteiger partial charge in [0, 0.05) is 37.3 Å². The number of aliphatic hydroxyl groups excluding tert-OH is 2. The van der Waals surface area contributed by atoms with Crippen LogP contribution in [-0.2, 0) is 4.79 Å². The van der Waals surface area contributed by atoms with E-state index in [0.29, 0.717) is 6.08 Å². The zero-order chi connectivity index (χ0) is 16.4. The summed E-state index contributed by atoms with van der Waals surface area (Å²) in [6, 6.07) is -1.02. The third-order valence-electron chi connectivity index (χ3n) is 3.87. The minimum atomic E-state index is -1.55. The molecule has 4 N–H and O–H groups in total. The molecule has 4 atom stereocenters. The van der Waals surface area contributed by atoms with Crippen molar-refractivity contribution < 1.29 is 24.5 Å². The van der Waals surface area contributed by atoms with E-state index in [1.165, 1.54) is 0 Å². The van der Waals surface area contributed by atoms with Crippen LogP contribution in [0.25, 0.3) is 6.08 Å². The number of rotatable bonds is 5. The topological polar surface area (TPSA) is 133 Å². The Kier molecular flexibility index (Phi) is 4.57. The summed E-state index contributed by atoms with van der Waals surface area (Å²) in [4.78, 5) is 35.9. The van der Waals surface area contributed by atoms with Gasteiger partial charge in [-0.2, -0.15) is 0 Å². The highest BCUT2D eigenvalue weighted by Gasteiger charge is 2.51. The molecule has 1 aromatic heterocycles. The third-order valence-corrected chi connectivity index (χ3v) is 3.87. The van der Waals surface area contributed by atoms with Crippen LogP contribution in [0.1, 0.15) is 11.6 Å². The van der Waals surface area contributed by atoms with Gasteiger partial charge >= 0.3 is 11.7 Å². The summed E-state index contributed by atoms with van der Waals surface area (Å²) < 4.78 is 15.0. The Morgan fingerprint density at radius 1 is 1.32 bits per heavy atom. The number of nitrogens with one attached hydrogen (secondary N) is 1. The molecular weight excluding hydrogens is 299 g/mol. The number of carboxylic acids is 1. The molecule has 0 aliphatic heterocycles. The molecular formula is C13H15FN2O6. The number of halogens is 1. The molecule has 8 nitrogen and oxygen atoms in total. The zero-order valence-electron chi connectivity index (χ0n) is 11.3. The molecule has 1 aliphatic rings. The molecule has 120 valence electrons. The Hall–Kier alpha value is -2.26. The lowest BCUT2D eigenvalue weighted by Gasteiger charge is -2.46. The van der Waals surface area contributed by atoms with Gasteiger partial charge < -0.3 is 15.3 Å². The smallest absolute Gasteiger partial charge is 0.328 e. The van der Waals surface area contributed by atoms with E-state index in [9.17, 15) is 23.9 Å². The van der Waals surface area contributed by atoms with Crippen LogP contribution in [0.15, 0.2) is 21.9 Å². The number of hydrogen-bond acceptors (Lipinski definition) is 5. The van der Waals surface area contributed by atoms with E-state index in [0.717, 1.165) is 16.8 Å². The van der Waals surface area contributed by atoms with E-state index < -0.39 is 54.5 Å². The van der Waals surface area contributed by atoms with Crippen molar-refractivity contribution in [1.29, 1.82) is 0 Å². The van der Waals surface area contributed by atoms with E-state index in [1.54, 1.807) is 0 Å². The Labute approximate surface area is 123 Å². The predicted molar refractivity (Wildman–Crippen MR) is 73.1 cm³/mol. The van der Waals surface area contributed by atoms with Crippen molar-refractivity contribution in [2.45, 2.75) is 12.2 Å². The fourth-order valence-electron chi connectivity index (χ4n) is 2.67. The Morgan fingerprint density at radius 2 is 1.95 bits per heavy atom. The molecule has 9 heteroatoms. The zero-order valence-corrected chi connectivity index (χ0v) is 11.3. The molecule has 0 radical (unpaired) electrons. The average Bonchev–Trinajstić information content (AvgIpc) is 2.45. The fraction of sp³-hybridized carbons (Fsp3) is 0.462. The van der Waals surface area contributed by atoms with Crippen molar-refractivity contribution in [3.8, 4) is 0 Å².